The normalized spacial score (nSPS) is 16.9. The number of ketones is 1. The number of rotatable bonds is 7. The van der Waals surface area contributed by atoms with Crippen LogP contribution in [0.4, 0.5) is 5.69 Å². The molecular weight excluding hydrogens is 492 g/mol. The zero-order valence-electron chi connectivity index (χ0n) is 22.8. The number of amides is 1. The van der Waals surface area contributed by atoms with E-state index in [1.54, 1.807) is 49.6 Å². The number of nitrogens with zero attached hydrogens (tertiary/aromatic N) is 2. The summed E-state index contributed by atoms with van der Waals surface area (Å²) in [5.74, 6) is -0.0512. The van der Waals surface area contributed by atoms with Gasteiger partial charge < -0.3 is 19.1 Å². The van der Waals surface area contributed by atoms with Gasteiger partial charge in [-0.3, -0.25) is 14.5 Å². The third-order valence-corrected chi connectivity index (χ3v) is 7.02. The minimum atomic E-state index is -0.847. The van der Waals surface area contributed by atoms with Crippen LogP contribution in [0.1, 0.15) is 36.6 Å². The number of carbonyl (C=O) groups excluding carboxylic acids is 2. The fourth-order valence-corrected chi connectivity index (χ4v) is 5.11. The quantitative estimate of drug-likeness (QED) is 0.178. The van der Waals surface area contributed by atoms with Crippen molar-refractivity contribution >= 4 is 34.0 Å². The van der Waals surface area contributed by atoms with Crippen LogP contribution in [-0.2, 0) is 16.6 Å². The summed E-state index contributed by atoms with van der Waals surface area (Å²) in [6.45, 7) is 6.61. The van der Waals surface area contributed by atoms with Gasteiger partial charge in [0.1, 0.15) is 17.3 Å². The maximum absolute atomic E-state index is 13.6. The van der Waals surface area contributed by atoms with E-state index in [1.165, 1.54) is 4.90 Å². The van der Waals surface area contributed by atoms with Gasteiger partial charge in [0.05, 0.1) is 25.3 Å². The highest BCUT2D eigenvalue weighted by Gasteiger charge is 2.48. The van der Waals surface area contributed by atoms with Gasteiger partial charge in [-0.05, 0) is 54.8 Å². The second kappa shape index (κ2) is 10.3. The SMILES string of the molecule is COc1cccc(N2C(=O)C(=O)/C(=C(/O)c3ccc(OCC(C)C)c(C)c3)C2c2cn(C)c3ccccc23)c1. The second-order valence-electron chi connectivity index (χ2n) is 10.3. The van der Waals surface area contributed by atoms with Crippen molar-refractivity contribution in [3.05, 3.63) is 95.2 Å². The Labute approximate surface area is 227 Å². The topological polar surface area (TPSA) is 81.0 Å². The molecule has 1 unspecified atom stereocenters. The lowest BCUT2D eigenvalue weighted by Crippen LogP contribution is -2.29. The van der Waals surface area contributed by atoms with Gasteiger partial charge in [0.25, 0.3) is 11.7 Å². The van der Waals surface area contributed by atoms with Crippen molar-refractivity contribution in [2.45, 2.75) is 26.8 Å². The lowest BCUT2D eigenvalue weighted by atomic mass is 9.94. The van der Waals surface area contributed by atoms with Crippen LogP contribution in [0.2, 0.25) is 0 Å². The van der Waals surface area contributed by atoms with Crippen molar-refractivity contribution in [2.75, 3.05) is 18.6 Å². The molecule has 0 bridgehead atoms. The van der Waals surface area contributed by atoms with Crippen LogP contribution in [0.15, 0.2) is 78.5 Å². The summed E-state index contributed by atoms with van der Waals surface area (Å²) in [6, 6.07) is 19.3. The molecule has 4 aromatic rings. The summed E-state index contributed by atoms with van der Waals surface area (Å²) in [7, 11) is 3.47. The molecule has 5 rings (SSSR count). The third-order valence-electron chi connectivity index (χ3n) is 7.02. The third kappa shape index (κ3) is 4.65. The number of benzene rings is 3. The smallest absolute Gasteiger partial charge is 0.300 e. The van der Waals surface area contributed by atoms with Crippen molar-refractivity contribution in [1.29, 1.82) is 0 Å². The van der Waals surface area contributed by atoms with E-state index >= 15 is 0 Å². The number of carbonyl (C=O) groups is 2. The fourth-order valence-electron chi connectivity index (χ4n) is 5.11. The molecule has 7 heteroatoms. The largest absolute Gasteiger partial charge is 0.507 e. The van der Waals surface area contributed by atoms with Crippen LogP contribution < -0.4 is 14.4 Å². The standard InChI is InChI=1S/C32H32N2O5/c1-19(2)18-39-27-14-13-21(15-20(27)3)30(35)28-29(25-17-33(4)26-12-7-6-11-24(25)26)34(32(37)31(28)36)22-9-8-10-23(16-22)38-5/h6-17,19,29,35H,18H2,1-5H3/b30-28+. The fraction of sp³-hybridized carbons (Fsp3) is 0.250. The molecule has 1 fully saturated rings. The van der Waals surface area contributed by atoms with Gasteiger partial charge in [0, 0.05) is 47.0 Å². The molecule has 1 aromatic heterocycles. The minimum Gasteiger partial charge on any atom is -0.507 e. The number of para-hydroxylation sites is 1. The molecule has 0 aliphatic carbocycles. The number of ether oxygens (including phenoxy) is 2. The van der Waals surface area contributed by atoms with E-state index in [4.69, 9.17) is 9.47 Å². The van der Waals surface area contributed by atoms with Gasteiger partial charge in [0.15, 0.2) is 0 Å². The lowest BCUT2D eigenvalue weighted by molar-refractivity contribution is -0.132. The first-order valence-electron chi connectivity index (χ1n) is 12.9. The zero-order chi connectivity index (χ0) is 27.8. The Morgan fingerprint density at radius 2 is 1.79 bits per heavy atom. The number of aliphatic hydroxyl groups is 1. The second-order valence-corrected chi connectivity index (χ2v) is 10.3. The molecule has 39 heavy (non-hydrogen) atoms. The average molecular weight is 525 g/mol. The Morgan fingerprint density at radius 3 is 2.51 bits per heavy atom. The first-order chi connectivity index (χ1) is 18.7. The summed E-state index contributed by atoms with van der Waals surface area (Å²) in [6.07, 6.45) is 1.91. The molecule has 1 aliphatic heterocycles. The highest BCUT2D eigenvalue weighted by atomic mass is 16.5. The molecule has 1 N–H and O–H groups in total. The molecule has 0 saturated carbocycles. The molecule has 1 saturated heterocycles. The number of hydrogen-bond donors (Lipinski definition) is 1. The number of hydrogen-bond acceptors (Lipinski definition) is 5. The predicted octanol–water partition coefficient (Wildman–Crippen LogP) is 6.16. The van der Waals surface area contributed by atoms with Crippen molar-refractivity contribution in [3.63, 3.8) is 0 Å². The van der Waals surface area contributed by atoms with Crippen molar-refractivity contribution in [3.8, 4) is 11.5 Å². The molecule has 200 valence electrons. The number of methoxy groups -OCH3 is 1. The van der Waals surface area contributed by atoms with E-state index in [0.717, 1.165) is 22.0 Å². The number of fused-ring (bicyclic) bond motifs is 1. The Hall–Kier alpha value is -4.52. The summed E-state index contributed by atoms with van der Waals surface area (Å²) < 4.78 is 13.2. The van der Waals surface area contributed by atoms with Crippen LogP contribution in [0, 0.1) is 12.8 Å². The Bertz CT molecular complexity index is 1610. The molecule has 0 radical (unpaired) electrons. The highest BCUT2D eigenvalue weighted by Crippen LogP contribution is 2.45. The average Bonchev–Trinajstić information content (AvgIpc) is 3.40. The van der Waals surface area contributed by atoms with Crippen molar-refractivity contribution in [1.82, 2.24) is 4.57 Å². The lowest BCUT2D eigenvalue weighted by Gasteiger charge is -2.25. The summed E-state index contributed by atoms with van der Waals surface area (Å²) >= 11 is 0. The van der Waals surface area contributed by atoms with E-state index in [9.17, 15) is 14.7 Å². The number of aromatic nitrogens is 1. The zero-order valence-corrected chi connectivity index (χ0v) is 22.8. The molecular formula is C32H32N2O5. The van der Waals surface area contributed by atoms with Crippen LogP contribution in [0.5, 0.6) is 11.5 Å². The van der Waals surface area contributed by atoms with E-state index in [-0.39, 0.29) is 11.3 Å². The molecule has 0 spiro atoms. The van der Waals surface area contributed by atoms with Gasteiger partial charge in [-0.1, -0.05) is 38.1 Å². The minimum absolute atomic E-state index is 0.0365. The van der Waals surface area contributed by atoms with Gasteiger partial charge in [0.2, 0.25) is 0 Å². The Kier molecular flexibility index (Phi) is 6.91. The van der Waals surface area contributed by atoms with Gasteiger partial charge >= 0.3 is 0 Å². The molecule has 1 amide bonds. The number of aryl methyl sites for hydroxylation is 2. The van der Waals surface area contributed by atoms with Gasteiger partial charge in [-0.25, -0.2) is 0 Å². The predicted molar refractivity (Wildman–Crippen MR) is 152 cm³/mol. The first-order valence-corrected chi connectivity index (χ1v) is 12.9. The van der Waals surface area contributed by atoms with E-state index in [2.05, 4.69) is 13.8 Å². The number of aliphatic hydroxyl groups excluding tert-OH is 1. The molecule has 1 atom stereocenters. The monoisotopic (exact) mass is 524 g/mol. The van der Waals surface area contributed by atoms with E-state index < -0.39 is 17.7 Å². The van der Waals surface area contributed by atoms with Crippen LogP contribution >= 0.6 is 0 Å². The summed E-state index contributed by atoms with van der Waals surface area (Å²) in [4.78, 5) is 28.7. The van der Waals surface area contributed by atoms with Crippen molar-refractivity contribution in [2.24, 2.45) is 13.0 Å². The first kappa shape index (κ1) is 26.1. The van der Waals surface area contributed by atoms with Gasteiger partial charge in [-0.15, -0.1) is 0 Å². The van der Waals surface area contributed by atoms with E-state index in [0.29, 0.717) is 35.3 Å². The maximum Gasteiger partial charge on any atom is 0.300 e. The molecule has 2 heterocycles. The van der Waals surface area contributed by atoms with E-state index in [1.807, 2.05) is 49.0 Å². The summed E-state index contributed by atoms with van der Waals surface area (Å²) in [5, 5.41) is 12.5. The van der Waals surface area contributed by atoms with Crippen molar-refractivity contribution < 1.29 is 24.2 Å². The van der Waals surface area contributed by atoms with Crippen LogP contribution in [0.3, 0.4) is 0 Å². The maximum atomic E-state index is 13.6. The van der Waals surface area contributed by atoms with Gasteiger partial charge in [-0.2, -0.15) is 0 Å². The van der Waals surface area contributed by atoms with Crippen LogP contribution in [0.25, 0.3) is 16.7 Å². The Morgan fingerprint density at radius 1 is 1.03 bits per heavy atom. The molecule has 3 aromatic carbocycles. The molecule has 1 aliphatic rings. The molecule has 7 nitrogen and oxygen atoms in total. The summed E-state index contributed by atoms with van der Waals surface area (Å²) in [5.41, 5.74) is 3.50. The highest BCUT2D eigenvalue weighted by molar-refractivity contribution is 6.52. The number of anilines is 1. The van der Waals surface area contributed by atoms with Crippen LogP contribution in [-0.4, -0.2) is 35.1 Å². The Balaban J connectivity index is 1.71. The number of Topliss-reactive ketones (excluding diaryl/α,β-unsaturated/α-hetero) is 1.